The van der Waals surface area contributed by atoms with Gasteiger partial charge in [0.25, 0.3) is 5.91 Å². The van der Waals surface area contributed by atoms with Crippen LogP contribution in [0.3, 0.4) is 0 Å². The number of hydrogen-bond donors (Lipinski definition) is 1. The number of hydrogen-bond acceptors (Lipinski definition) is 4. The van der Waals surface area contributed by atoms with Crippen LogP contribution in [0.5, 0.6) is 5.75 Å². The second-order valence-corrected chi connectivity index (χ2v) is 8.85. The number of benzene rings is 2. The predicted octanol–water partition coefficient (Wildman–Crippen LogP) is 3.43. The molecule has 0 unspecified atom stereocenters. The van der Waals surface area contributed by atoms with Crippen molar-refractivity contribution in [2.45, 2.75) is 37.5 Å². The number of alkyl halides is 3. The highest BCUT2D eigenvalue weighted by atomic mass is 32.2. The molecule has 0 aliphatic rings. The topological polar surface area (TPSA) is 75.7 Å². The zero-order valence-electron chi connectivity index (χ0n) is 16.7. The molecule has 2 aromatic rings. The molecule has 0 heterocycles. The number of sulfonamides is 1. The van der Waals surface area contributed by atoms with Crippen molar-refractivity contribution in [2.75, 3.05) is 13.7 Å². The predicted molar refractivity (Wildman–Crippen MR) is 105 cm³/mol. The minimum atomic E-state index is -4.49. The average molecular weight is 444 g/mol. The van der Waals surface area contributed by atoms with E-state index in [0.29, 0.717) is 5.56 Å². The number of nitrogens with zero attached hydrogens (tertiary/aromatic N) is 1. The van der Waals surface area contributed by atoms with Gasteiger partial charge in [0.1, 0.15) is 5.75 Å². The summed E-state index contributed by atoms with van der Waals surface area (Å²) in [5.74, 6) is -0.590. The van der Waals surface area contributed by atoms with Crippen LogP contribution >= 0.6 is 0 Å². The molecule has 0 atom stereocenters. The van der Waals surface area contributed by atoms with Crippen molar-refractivity contribution in [2.24, 2.45) is 0 Å². The fourth-order valence-corrected chi connectivity index (χ4v) is 3.75. The summed E-state index contributed by atoms with van der Waals surface area (Å²) < 4.78 is 69.3. The van der Waals surface area contributed by atoms with Gasteiger partial charge in [-0.25, -0.2) is 8.42 Å². The van der Waals surface area contributed by atoms with E-state index in [1.54, 1.807) is 26.0 Å². The van der Waals surface area contributed by atoms with Gasteiger partial charge in [-0.3, -0.25) is 4.79 Å². The molecule has 30 heavy (non-hydrogen) atoms. The summed E-state index contributed by atoms with van der Waals surface area (Å²) in [5.41, 5.74) is -0.202. The molecule has 2 aromatic carbocycles. The number of nitrogens with one attached hydrogen (secondary N) is 1. The maximum Gasteiger partial charge on any atom is 0.416 e. The SMILES string of the molecule is CC(C)N(C)S(=O)(=O)c1ccc(CNC(=O)COc2cccc(C(F)(F)F)c2)cc1. The minimum absolute atomic E-state index is 0.0659. The summed E-state index contributed by atoms with van der Waals surface area (Å²) >= 11 is 0. The Morgan fingerprint density at radius 1 is 1.13 bits per heavy atom. The maximum atomic E-state index is 12.7. The van der Waals surface area contributed by atoms with Crippen LogP contribution in [-0.4, -0.2) is 38.3 Å². The molecule has 6 nitrogen and oxygen atoms in total. The molecule has 0 spiro atoms. The van der Waals surface area contributed by atoms with E-state index in [0.717, 1.165) is 12.1 Å². The van der Waals surface area contributed by atoms with E-state index in [9.17, 15) is 26.4 Å². The van der Waals surface area contributed by atoms with Gasteiger partial charge in [-0.2, -0.15) is 17.5 Å². The van der Waals surface area contributed by atoms with E-state index in [4.69, 9.17) is 4.74 Å². The zero-order chi connectivity index (χ0) is 22.5. The van der Waals surface area contributed by atoms with E-state index < -0.39 is 34.3 Å². The standard InChI is InChI=1S/C20H23F3N2O4S/c1-14(2)25(3)30(27,28)18-9-7-15(8-10-18)12-24-19(26)13-29-17-6-4-5-16(11-17)20(21,22)23/h4-11,14H,12-13H2,1-3H3,(H,24,26). The van der Waals surface area contributed by atoms with E-state index in [2.05, 4.69) is 5.32 Å². The third-order valence-electron chi connectivity index (χ3n) is 4.35. The lowest BCUT2D eigenvalue weighted by atomic mass is 10.2. The van der Waals surface area contributed by atoms with Crippen molar-refractivity contribution < 1.29 is 31.1 Å². The highest BCUT2D eigenvalue weighted by molar-refractivity contribution is 7.89. The Balaban J connectivity index is 1.90. The lowest BCUT2D eigenvalue weighted by Gasteiger charge is -2.21. The number of carbonyl (C=O) groups excluding carboxylic acids is 1. The fourth-order valence-electron chi connectivity index (χ4n) is 2.39. The Morgan fingerprint density at radius 3 is 2.33 bits per heavy atom. The monoisotopic (exact) mass is 444 g/mol. The van der Waals surface area contributed by atoms with Crippen molar-refractivity contribution in [3.8, 4) is 5.75 Å². The first kappa shape index (κ1) is 23.7. The van der Waals surface area contributed by atoms with Gasteiger partial charge in [-0.05, 0) is 49.7 Å². The average Bonchev–Trinajstić information content (AvgIpc) is 2.70. The summed E-state index contributed by atoms with van der Waals surface area (Å²) in [6, 6.07) is 10.1. The number of carbonyl (C=O) groups is 1. The number of halogens is 3. The maximum absolute atomic E-state index is 12.7. The Morgan fingerprint density at radius 2 is 1.77 bits per heavy atom. The van der Waals surface area contributed by atoms with Crippen molar-refractivity contribution in [3.05, 3.63) is 59.7 Å². The van der Waals surface area contributed by atoms with Gasteiger partial charge in [-0.15, -0.1) is 0 Å². The van der Waals surface area contributed by atoms with Crippen LogP contribution in [-0.2, 0) is 27.5 Å². The van der Waals surface area contributed by atoms with Crippen LogP contribution in [0.4, 0.5) is 13.2 Å². The smallest absolute Gasteiger partial charge is 0.416 e. The zero-order valence-corrected chi connectivity index (χ0v) is 17.5. The Bertz CT molecular complexity index is 974. The van der Waals surface area contributed by atoms with Crippen molar-refractivity contribution in [3.63, 3.8) is 0 Å². The molecular weight excluding hydrogens is 421 g/mol. The highest BCUT2D eigenvalue weighted by Crippen LogP contribution is 2.31. The molecule has 2 rings (SSSR count). The van der Waals surface area contributed by atoms with E-state index >= 15 is 0 Å². The van der Waals surface area contributed by atoms with Gasteiger partial charge >= 0.3 is 6.18 Å². The van der Waals surface area contributed by atoms with Crippen molar-refractivity contribution in [1.82, 2.24) is 9.62 Å². The first-order valence-electron chi connectivity index (χ1n) is 9.05. The minimum Gasteiger partial charge on any atom is -0.484 e. The summed E-state index contributed by atoms with van der Waals surface area (Å²) in [6.07, 6.45) is -4.49. The number of amides is 1. The second kappa shape index (κ2) is 9.48. The van der Waals surface area contributed by atoms with E-state index in [1.807, 2.05) is 0 Å². The third-order valence-corrected chi connectivity index (χ3v) is 6.40. The molecule has 1 N–H and O–H groups in total. The van der Waals surface area contributed by atoms with Gasteiger partial charge in [0.15, 0.2) is 6.61 Å². The Labute approximate surface area is 173 Å². The summed E-state index contributed by atoms with van der Waals surface area (Å²) in [4.78, 5) is 12.0. The molecule has 0 aliphatic heterocycles. The quantitative estimate of drug-likeness (QED) is 0.677. The second-order valence-electron chi connectivity index (χ2n) is 6.85. The summed E-state index contributed by atoms with van der Waals surface area (Å²) in [5, 5.41) is 2.57. The van der Waals surface area contributed by atoms with Gasteiger partial charge < -0.3 is 10.1 Å². The molecule has 1 amide bonds. The van der Waals surface area contributed by atoms with E-state index in [-0.39, 0.29) is 23.2 Å². The molecule has 10 heteroatoms. The molecule has 164 valence electrons. The fraction of sp³-hybridized carbons (Fsp3) is 0.350. The lowest BCUT2D eigenvalue weighted by molar-refractivity contribution is -0.137. The first-order chi connectivity index (χ1) is 13.9. The van der Waals surface area contributed by atoms with Crippen LogP contribution in [0.25, 0.3) is 0 Å². The summed E-state index contributed by atoms with van der Waals surface area (Å²) in [6.45, 7) is 3.20. The molecule has 0 saturated heterocycles. The molecule has 0 fully saturated rings. The van der Waals surface area contributed by atoms with Crippen LogP contribution < -0.4 is 10.1 Å². The van der Waals surface area contributed by atoms with Crippen LogP contribution in [0.2, 0.25) is 0 Å². The Kier molecular flexibility index (Phi) is 7.49. The van der Waals surface area contributed by atoms with Crippen molar-refractivity contribution in [1.29, 1.82) is 0 Å². The number of rotatable bonds is 8. The normalized spacial score (nSPS) is 12.3. The first-order valence-corrected chi connectivity index (χ1v) is 10.5. The Hall–Kier alpha value is -2.59. The van der Waals surface area contributed by atoms with E-state index in [1.165, 1.54) is 35.6 Å². The van der Waals surface area contributed by atoms with Crippen molar-refractivity contribution >= 4 is 15.9 Å². The molecule has 0 saturated carbocycles. The van der Waals surface area contributed by atoms with Gasteiger partial charge in [0.2, 0.25) is 10.0 Å². The molecule has 0 aromatic heterocycles. The summed E-state index contributed by atoms with van der Waals surface area (Å²) in [7, 11) is -2.10. The molecule has 0 aliphatic carbocycles. The molecule has 0 radical (unpaired) electrons. The molecule has 0 bridgehead atoms. The van der Waals surface area contributed by atoms with Gasteiger partial charge in [0, 0.05) is 19.6 Å². The molecular formula is C20H23F3N2O4S. The highest BCUT2D eigenvalue weighted by Gasteiger charge is 2.30. The van der Waals surface area contributed by atoms with Crippen LogP contribution in [0.1, 0.15) is 25.0 Å². The van der Waals surface area contributed by atoms with Crippen LogP contribution in [0.15, 0.2) is 53.4 Å². The number of ether oxygens (including phenoxy) is 1. The largest absolute Gasteiger partial charge is 0.484 e. The lowest BCUT2D eigenvalue weighted by Crippen LogP contribution is -2.33. The van der Waals surface area contributed by atoms with Crippen LogP contribution in [0, 0.1) is 0 Å². The third kappa shape index (κ3) is 6.20. The van der Waals surface area contributed by atoms with Gasteiger partial charge in [-0.1, -0.05) is 18.2 Å². The van der Waals surface area contributed by atoms with Gasteiger partial charge in [0.05, 0.1) is 10.5 Å².